The van der Waals surface area contributed by atoms with E-state index in [9.17, 15) is 0 Å². The summed E-state index contributed by atoms with van der Waals surface area (Å²) in [5.74, 6) is 3.55. The first kappa shape index (κ1) is 14.6. The van der Waals surface area contributed by atoms with Crippen molar-refractivity contribution >= 4 is 11.6 Å². The minimum absolute atomic E-state index is 0.667. The normalized spacial score (nSPS) is 23.1. The Hall–Kier alpha value is -1.32. The van der Waals surface area contributed by atoms with Gasteiger partial charge < -0.3 is 10.6 Å². The van der Waals surface area contributed by atoms with Crippen molar-refractivity contribution in [2.24, 2.45) is 5.92 Å². The van der Waals surface area contributed by atoms with E-state index in [-0.39, 0.29) is 0 Å². The van der Waals surface area contributed by atoms with Crippen molar-refractivity contribution in [3.63, 3.8) is 0 Å². The zero-order valence-corrected chi connectivity index (χ0v) is 13.4. The zero-order valence-electron chi connectivity index (χ0n) is 13.4. The van der Waals surface area contributed by atoms with Crippen LogP contribution in [0.4, 0.5) is 11.6 Å². The van der Waals surface area contributed by atoms with Crippen molar-refractivity contribution in [2.45, 2.75) is 71.3 Å². The van der Waals surface area contributed by atoms with Crippen molar-refractivity contribution in [3.05, 3.63) is 11.4 Å². The molecule has 1 aromatic heterocycles. The molecule has 1 unspecified atom stereocenters. The SMILES string of the molecule is CCCc1nc(N)c(C)c(N2CCCC2C2CCCC2)n1. The summed E-state index contributed by atoms with van der Waals surface area (Å²) in [6.45, 7) is 5.37. The van der Waals surface area contributed by atoms with E-state index in [0.717, 1.165) is 42.5 Å². The van der Waals surface area contributed by atoms with Crippen LogP contribution in [0.1, 0.15) is 63.3 Å². The lowest BCUT2D eigenvalue weighted by Crippen LogP contribution is -2.36. The molecule has 21 heavy (non-hydrogen) atoms. The molecule has 2 fully saturated rings. The van der Waals surface area contributed by atoms with Crippen LogP contribution in [-0.2, 0) is 6.42 Å². The largest absolute Gasteiger partial charge is 0.383 e. The first-order chi connectivity index (χ1) is 10.2. The summed E-state index contributed by atoms with van der Waals surface area (Å²) in [4.78, 5) is 11.9. The molecule has 4 heteroatoms. The molecule has 0 radical (unpaired) electrons. The smallest absolute Gasteiger partial charge is 0.137 e. The summed E-state index contributed by atoms with van der Waals surface area (Å²) < 4.78 is 0. The van der Waals surface area contributed by atoms with Gasteiger partial charge in [-0.25, -0.2) is 9.97 Å². The van der Waals surface area contributed by atoms with Crippen molar-refractivity contribution in [1.82, 2.24) is 9.97 Å². The first-order valence-electron chi connectivity index (χ1n) is 8.60. The first-order valence-corrected chi connectivity index (χ1v) is 8.60. The zero-order chi connectivity index (χ0) is 14.8. The Morgan fingerprint density at radius 1 is 1.14 bits per heavy atom. The molecule has 1 aromatic rings. The number of nitrogen functional groups attached to an aromatic ring is 1. The molecular formula is C17H28N4. The molecule has 2 heterocycles. The van der Waals surface area contributed by atoms with E-state index in [1.165, 1.54) is 38.5 Å². The highest BCUT2D eigenvalue weighted by atomic mass is 15.2. The Morgan fingerprint density at radius 3 is 2.62 bits per heavy atom. The number of nitrogens with zero attached hydrogens (tertiary/aromatic N) is 3. The Kier molecular flexibility index (Phi) is 4.32. The van der Waals surface area contributed by atoms with Crippen LogP contribution in [0.15, 0.2) is 0 Å². The van der Waals surface area contributed by atoms with E-state index in [2.05, 4.69) is 23.7 Å². The maximum Gasteiger partial charge on any atom is 0.137 e. The summed E-state index contributed by atoms with van der Waals surface area (Å²) in [6, 6.07) is 0.676. The van der Waals surface area contributed by atoms with Gasteiger partial charge in [-0.1, -0.05) is 19.8 Å². The maximum absolute atomic E-state index is 6.14. The molecule has 4 nitrogen and oxygen atoms in total. The van der Waals surface area contributed by atoms with E-state index < -0.39 is 0 Å². The minimum atomic E-state index is 0.667. The van der Waals surface area contributed by atoms with Crippen molar-refractivity contribution in [1.29, 1.82) is 0 Å². The number of hydrogen-bond acceptors (Lipinski definition) is 4. The molecule has 0 aromatic carbocycles. The van der Waals surface area contributed by atoms with Crippen LogP contribution in [0.25, 0.3) is 0 Å². The van der Waals surface area contributed by atoms with E-state index in [0.29, 0.717) is 11.9 Å². The Morgan fingerprint density at radius 2 is 1.90 bits per heavy atom. The van der Waals surface area contributed by atoms with Gasteiger partial charge in [0.05, 0.1) is 0 Å². The number of anilines is 2. The molecule has 1 saturated heterocycles. The van der Waals surface area contributed by atoms with Crippen molar-refractivity contribution in [2.75, 3.05) is 17.2 Å². The highest BCUT2D eigenvalue weighted by Crippen LogP contribution is 2.38. The topological polar surface area (TPSA) is 55.0 Å². The van der Waals surface area contributed by atoms with E-state index in [1.54, 1.807) is 0 Å². The summed E-state index contributed by atoms with van der Waals surface area (Å²) in [5.41, 5.74) is 7.21. The molecule has 1 atom stereocenters. The molecule has 0 spiro atoms. The number of hydrogen-bond donors (Lipinski definition) is 1. The average Bonchev–Trinajstić information content (AvgIpc) is 3.12. The van der Waals surface area contributed by atoms with Crippen molar-refractivity contribution < 1.29 is 0 Å². The molecule has 1 saturated carbocycles. The predicted molar refractivity (Wildman–Crippen MR) is 87.5 cm³/mol. The second-order valence-electron chi connectivity index (χ2n) is 6.67. The molecule has 2 N–H and O–H groups in total. The monoisotopic (exact) mass is 288 g/mol. The third kappa shape index (κ3) is 2.85. The van der Waals surface area contributed by atoms with E-state index in [1.807, 2.05) is 0 Å². The highest BCUT2D eigenvalue weighted by Gasteiger charge is 2.35. The lowest BCUT2D eigenvalue weighted by molar-refractivity contribution is 0.428. The van der Waals surface area contributed by atoms with Crippen LogP contribution in [0.2, 0.25) is 0 Å². The summed E-state index contributed by atoms with van der Waals surface area (Å²) in [7, 11) is 0. The van der Waals surface area contributed by atoms with Gasteiger partial charge in [0, 0.05) is 24.6 Å². The van der Waals surface area contributed by atoms with Gasteiger partial charge in [0.25, 0.3) is 0 Å². The van der Waals surface area contributed by atoms with Gasteiger partial charge in [-0.3, -0.25) is 0 Å². The fourth-order valence-electron chi connectivity index (χ4n) is 4.07. The Bertz CT molecular complexity index is 494. The van der Waals surface area contributed by atoms with Crippen LogP contribution >= 0.6 is 0 Å². The quantitative estimate of drug-likeness (QED) is 0.921. The Balaban J connectivity index is 1.90. The van der Waals surface area contributed by atoms with Gasteiger partial charge in [-0.15, -0.1) is 0 Å². The van der Waals surface area contributed by atoms with Gasteiger partial charge >= 0.3 is 0 Å². The maximum atomic E-state index is 6.14. The van der Waals surface area contributed by atoms with Crippen molar-refractivity contribution in [3.8, 4) is 0 Å². The molecule has 116 valence electrons. The van der Waals surface area contributed by atoms with Crippen LogP contribution in [0.5, 0.6) is 0 Å². The third-order valence-electron chi connectivity index (χ3n) is 5.19. The van der Waals surface area contributed by atoms with Crippen LogP contribution < -0.4 is 10.6 Å². The predicted octanol–water partition coefficient (Wildman–Crippen LogP) is 3.48. The number of nitrogens with two attached hydrogens (primary N) is 1. The third-order valence-corrected chi connectivity index (χ3v) is 5.19. The van der Waals surface area contributed by atoms with Crippen LogP contribution in [0, 0.1) is 12.8 Å². The minimum Gasteiger partial charge on any atom is -0.383 e. The summed E-state index contributed by atoms with van der Waals surface area (Å²) >= 11 is 0. The summed E-state index contributed by atoms with van der Waals surface area (Å²) in [5, 5.41) is 0. The molecule has 0 amide bonds. The van der Waals surface area contributed by atoms with E-state index in [4.69, 9.17) is 10.7 Å². The molecule has 1 aliphatic heterocycles. The molecule has 1 aliphatic carbocycles. The fraction of sp³-hybridized carbons (Fsp3) is 0.765. The van der Waals surface area contributed by atoms with Crippen LogP contribution in [0.3, 0.4) is 0 Å². The lowest BCUT2D eigenvalue weighted by Gasteiger charge is -2.31. The summed E-state index contributed by atoms with van der Waals surface area (Å²) in [6.07, 6.45) is 10.2. The standard InChI is InChI=1S/C17H28N4/c1-3-7-15-19-16(18)12(2)17(20-15)21-11-6-10-14(21)13-8-4-5-9-13/h13-14H,3-11H2,1-2H3,(H2,18,19,20). The van der Waals surface area contributed by atoms with Gasteiger partial charge in [0.1, 0.15) is 17.5 Å². The molecule has 2 aliphatic rings. The fourth-order valence-corrected chi connectivity index (χ4v) is 4.07. The Labute approximate surface area is 128 Å². The van der Waals surface area contributed by atoms with Gasteiger partial charge in [0.15, 0.2) is 0 Å². The molecule has 0 bridgehead atoms. The average molecular weight is 288 g/mol. The number of aromatic nitrogens is 2. The van der Waals surface area contributed by atoms with Crippen LogP contribution in [-0.4, -0.2) is 22.6 Å². The molecular weight excluding hydrogens is 260 g/mol. The lowest BCUT2D eigenvalue weighted by atomic mass is 9.96. The second kappa shape index (κ2) is 6.20. The van der Waals surface area contributed by atoms with Gasteiger partial charge in [-0.05, 0) is 44.9 Å². The van der Waals surface area contributed by atoms with Gasteiger partial charge in [0.2, 0.25) is 0 Å². The van der Waals surface area contributed by atoms with Gasteiger partial charge in [-0.2, -0.15) is 0 Å². The second-order valence-corrected chi connectivity index (χ2v) is 6.67. The molecule has 3 rings (SSSR count). The number of rotatable bonds is 4. The van der Waals surface area contributed by atoms with E-state index >= 15 is 0 Å². The highest BCUT2D eigenvalue weighted by molar-refractivity contribution is 5.57. The number of aryl methyl sites for hydroxylation is 1.